The fourth-order valence-corrected chi connectivity index (χ4v) is 3.80. The van der Waals surface area contributed by atoms with Crippen molar-refractivity contribution in [2.24, 2.45) is 5.73 Å². The van der Waals surface area contributed by atoms with E-state index in [9.17, 15) is 5.11 Å². The monoisotopic (exact) mass is 259 g/mol. The molecular weight excluding hydrogens is 234 g/mol. The molecule has 1 aromatic rings. The first-order valence-corrected chi connectivity index (χ1v) is 7.83. The normalized spacial score (nSPS) is 22.6. The molecule has 104 valence electrons. The largest absolute Gasteiger partial charge is 0.508 e. The van der Waals surface area contributed by atoms with E-state index in [-0.39, 0.29) is 5.54 Å². The predicted molar refractivity (Wildman–Crippen MR) is 78.3 cm³/mol. The lowest BCUT2D eigenvalue weighted by Gasteiger charge is -2.35. The second kappa shape index (κ2) is 5.16. The third kappa shape index (κ3) is 2.51. The third-order valence-electron chi connectivity index (χ3n) is 4.99. The van der Waals surface area contributed by atoms with Gasteiger partial charge in [-0.3, -0.25) is 0 Å². The molecule has 0 aliphatic heterocycles. The lowest BCUT2D eigenvalue weighted by molar-refractivity contribution is 0.292. The van der Waals surface area contributed by atoms with E-state index in [2.05, 4.69) is 6.07 Å². The molecule has 2 aliphatic rings. The summed E-state index contributed by atoms with van der Waals surface area (Å²) in [5.41, 5.74) is 10.1. The Morgan fingerprint density at radius 2 is 1.42 bits per heavy atom. The lowest BCUT2D eigenvalue weighted by Crippen LogP contribution is -2.38. The van der Waals surface area contributed by atoms with Crippen molar-refractivity contribution in [2.45, 2.75) is 69.7 Å². The van der Waals surface area contributed by atoms with Crippen LogP contribution in [0.2, 0.25) is 0 Å². The third-order valence-corrected chi connectivity index (χ3v) is 4.99. The minimum Gasteiger partial charge on any atom is -0.508 e. The van der Waals surface area contributed by atoms with Crippen LogP contribution in [0.25, 0.3) is 0 Å². The summed E-state index contributed by atoms with van der Waals surface area (Å²) in [7, 11) is 0. The van der Waals surface area contributed by atoms with Crippen LogP contribution < -0.4 is 5.73 Å². The van der Waals surface area contributed by atoms with Crippen molar-refractivity contribution in [1.29, 1.82) is 0 Å². The van der Waals surface area contributed by atoms with Crippen LogP contribution in [0, 0.1) is 0 Å². The zero-order valence-corrected chi connectivity index (χ0v) is 11.8. The Balaban J connectivity index is 1.99. The fraction of sp³-hybridized carbons (Fsp3) is 0.647. The minimum absolute atomic E-state index is 0.288. The minimum atomic E-state index is -0.288. The molecule has 19 heavy (non-hydrogen) atoms. The number of aromatic hydroxyl groups is 1. The highest BCUT2D eigenvalue weighted by Crippen LogP contribution is 2.40. The SMILES string of the molecule is NC1(c2cc3c(cc2O)CCCCC3)CCCCC1. The van der Waals surface area contributed by atoms with Crippen LogP contribution >= 0.6 is 0 Å². The summed E-state index contributed by atoms with van der Waals surface area (Å²) < 4.78 is 0. The van der Waals surface area contributed by atoms with E-state index in [1.807, 2.05) is 6.07 Å². The van der Waals surface area contributed by atoms with E-state index in [1.165, 1.54) is 49.7 Å². The number of benzene rings is 1. The summed E-state index contributed by atoms with van der Waals surface area (Å²) in [5.74, 6) is 0.435. The molecule has 0 unspecified atom stereocenters. The van der Waals surface area contributed by atoms with Crippen LogP contribution in [-0.4, -0.2) is 5.11 Å². The molecule has 2 nitrogen and oxygen atoms in total. The highest BCUT2D eigenvalue weighted by molar-refractivity contribution is 5.46. The fourth-order valence-electron chi connectivity index (χ4n) is 3.80. The van der Waals surface area contributed by atoms with Crippen molar-refractivity contribution in [3.63, 3.8) is 0 Å². The van der Waals surface area contributed by atoms with Crippen molar-refractivity contribution < 1.29 is 5.11 Å². The summed E-state index contributed by atoms with van der Waals surface area (Å²) in [6, 6.07) is 4.22. The van der Waals surface area contributed by atoms with Crippen molar-refractivity contribution in [1.82, 2.24) is 0 Å². The second-order valence-corrected chi connectivity index (χ2v) is 6.42. The molecule has 0 bridgehead atoms. The van der Waals surface area contributed by atoms with E-state index in [4.69, 9.17) is 5.73 Å². The Kier molecular flexibility index (Phi) is 3.53. The zero-order chi connectivity index (χ0) is 13.3. The van der Waals surface area contributed by atoms with Crippen molar-refractivity contribution in [3.05, 3.63) is 28.8 Å². The number of hydrogen-bond acceptors (Lipinski definition) is 2. The summed E-state index contributed by atoms with van der Waals surface area (Å²) in [5, 5.41) is 10.4. The van der Waals surface area contributed by atoms with Gasteiger partial charge in [0, 0.05) is 11.1 Å². The van der Waals surface area contributed by atoms with Crippen LogP contribution in [0.4, 0.5) is 0 Å². The first-order valence-electron chi connectivity index (χ1n) is 7.83. The van der Waals surface area contributed by atoms with Gasteiger partial charge >= 0.3 is 0 Å². The van der Waals surface area contributed by atoms with Gasteiger partial charge in [0.05, 0.1) is 0 Å². The molecule has 3 rings (SSSR count). The number of aryl methyl sites for hydroxylation is 2. The summed E-state index contributed by atoms with van der Waals surface area (Å²) in [6.07, 6.45) is 11.8. The molecule has 0 radical (unpaired) electrons. The lowest BCUT2D eigenvalue weighted by atomic mass is 9.76. The first-order chi connectivity index (χ1) is 9.19. The molecule has 2 heteroatoms. The Hall–Kier alpha value is -1.02. The molecule has 1 fully saturated rings. The zero-order valence-electron chi connectivity index (χ0n) is 11.8. The number of rotatable bonds is 1. The van der Waals surface area contributed by atoms with E-state index in [1.54, 1.807) is 0 Å². The van der Waals surface area contributed by atoms with Gasteiger partial charge in [-0.25, -0.2) is 0 Å². The smallest absolute Gasteiger partial charge is 0.120 e. The Bertz CT molecular complexity index is 461. The maximum absolute atomic E-state index is 10.4. The van der Waals surface area contributed by atoms with E-state index < -0.39 is 0 Å². The van der Waals surface area contributed by atoms with Crippen LogP contribution in [0.1, 0.15) is 68.1 Å². The average molecular weight is 259 g/mol. The van der Waals surface area contributed by atoms with Gasteiger partial charge in [-0.1, -0.05) is 25.7 Å². The van der Waals surface area contributed by atoms with Gasteiger partial charge < -0.3 is 10.8 Å². The average Bonchev–Trinajstić information content (AvgIpc) is 2.63. The summed E-state index contributed by atoms with van der Waals surface area (Å²) in [4.78, 5) is 0. The maximum Gasteiger partial charge on any atom is 0.120 e. The highest BCUT2D eigenvalue weighted by atomic mass is 16.3. The number of phenolic OH excluding ortho intramolecular Hbond substituents is 1. The number of phenols is 1. The highest BCUT2D eigenvalue weighted by Gasteiger charge is 2.32. The van der Waals surface area contributed by atoms with Crippen LogP contribution in [0.5, 0.6) is 5.75 Å². The Labute approximate surface area is 116 Å². The standard InChI is InChI=1S/C17H25NO/c18-17(9-5-2-6-10-17)15-11-13-7-3-1-4-8-14(13)12-16(15)19/h11-12,19H,1-10,18H2. The second-order valence-electron chi connectivity index (χ2n) is 6.42. The van der Waals surface area contributed by atoms with Crippen molar-refractivity contribution in [2.75, 3.05) is 0 Å². The first kappa shape index (κ1) is 13.0. The van der Waals surface area contributed by atoms with Crippen molar-refractivity contribution >= 4 is 0 Å². The Morgan fingerprint density at radius 3 is 2.11 bits per heavy atom. The molecule has 0 amide bonds. The molecule has 0 heterocycles. The molecule has 1 aromatic carbocycles. The summed E-state index contributed by atoms with van der Waals surface area (Å²) >= 11 is 0. The van der Waals surface area contributed by atoms with Gasteiger partial charge in [-0.05, 0) is 61.8 Å². The maximum atomic E-state index is 10.4. The van der Waals surface area contributed by atoms with Gasteiger partial charge in [0.1, 0.15) is 5.75 Å². The molecule has 2 aliphatic carbocycles. The molecule has 0 saturated heterocycles. The van der Waals surface area contributed by atoms with E-state index in [0.717, 1.165) is 31.2 Å². The molecule has 0 aromatic heterocycles. The molecule has 3 N–H and O–H groups in total. The molecule has 1 saturated carbocycles. The van der Waals surface area contributed by atoms with Crippen LogP contribution in [0.15, 0.2) is 12.1 Å². The van der Waals surface area contributed by atoms with Crippen molar-refractivity contribution in [3.8, 4) is 5.75 Å². The van der Waals surface area contributed by atoms with Gasteiger partial charge in [0.2, 0.25) is 0 Å². The van der Waals surface area contributed by atoms with Gasteiger partial charge in [0.25, 0.3) is 0 Å². The predicted octanol–water partition coefficient (Wildman–Crippen LogP) is 3.78. The van der Waals surface area contributed by atoms with E-state index in [0.29, 0.717) is 5.75 Å². The van der Waals surface area contributed by atoms with Gasteiger partial charge in [-0.15, -0.1) is 0 Å². The Morgan fingerprint density at radius 1 is 0.842 bits per heavy atom. The quantitative estimate of drug-likeness (QED) is 0.754. The van der Waals surface area contributed by atoms with Crippen LogP contribution in [0.3, 0.4) is 0 Å². The van der Waals surface area contributed by atoms with E-state index >= 15 is 0 Å². The summed E-state index contributed by atoms with van der Waals surface area (Å²) in [6.45, 7) is 0. The number of hydrogen-bond donors (Lipinski definition) is 2. The molecule has 0 atom stereocenters. The van der Waals surface area contributed by atoms with Gasteiger partial charge in [-0.2, -0.15) is 0 Å². The van der Waals surface area contributed by atoms with Crippen LogP contribution in [-0.2, 0) is 18.4 Å². The topological polar surface area (TPSA) is 46.2 Å². The molecular formula is C17H25NO. The number of nitrogens with two attached hydrogens (primary N) is 1. The van der Waals surface area contributed by atoms with Gasteiger partial charge in [0.15, 0.2) is 0 Å². The molecule has 0 spiro atoms. The number of fused-ring (bicyclic) bond motifs is 1.